The molecule has 2 aliphatic carbocycles. The maximum absolute atomic E-state index is 11.9. The second-order valence-corrected chi connectivity index (χ2v) is 6.65. The average Bonchev–Trinajstić information content (AvgIpc) is 2.82. The third kappa shape index (κ3) is 2.87. The molecular formula is C15H28N2O. The molecule has 0 aromatic heterocycles. The first-order valence-electron chi connectivity index (χ1n) is 7.61. The smallest absolute Gasteiger partial charge is 0.237 e. The van der Waals surface area contributed by atoms with Gasteiger partial charge in [-0.25, -0.2) is 0 Å². The van der Waals surface area contributed by atoms with E-state index in [4.69, 9.17) is 5.73 Å². The van der Waals surface area contributed by atoms with E-state index in [-0.39, 0.29) is 5.91 Å². The van der Waals surface area contributed by atoms with Crippen LogP contribution in [0.1, 0.15) is 65.2 Å². The Labute approximate surface area is 111 Å². The van der Waals surface area contributed by atoms with Crippen LogP contribution in [0, 0.1) is 11.8 Å². The Morgan fingerprint density at radius 1 is 1.17 bits per heavy atom. The number of amides is 1. The standard InChI is InChI=1S/C15H28N2O/c1-11(2)12-7-9-15(10-8-12,14(16)18)17-13-5-3-4-6-13/h11-13,17H,3-10H2,1-2H3,(H2,16,18). The minimum atomic E-state index is -0.402. The van der Waals surface area contributed by atoms with Crippen molar-refractivity contribution in [2.45, 2.75) is 76.8 Å². The second kappa shape index (κ2) is 5.60. The predicted molar refractivity (Wildman–Crippen MR) is 74.1 cm³/mol. The summed E-state index contributed by atoms with van der Waals surface area (Å²) in [6.45, 7) is 4.57. The van der Waals surface area contributed by atoms with Gasteiger partial charge in [-0.3, -0.25) is 4.79 Å². The van der Waals surface area contributed by atoms with Crippen LogP contribution in [0.3, 0.4) is 0 Å². The summed E-state index contributed by atoms with van der Waals surface area (Å²) in [5, 5.41) is 3.62. The lowest BCUT2D eigenvalue weighted by Crippen LogP contribution is -2.60. The molecule has 0 bridgehead atoms. The van der Waals surface area contributed by atoms with Gasteiger partial charge in [0.05, 0.1) is 5.54 Å². The molecule has 3 nitrogen and oxygen atoms in total. The van der Waals surface area contributed by atoms with E-state index >= 15 is 0 Å². The zero-order chi connectivity index (χ0) is 13.2. The van der Waals surface area contributed by atoms with E-state index in [1.165, 1.54) is 25.7 Å². The molecule has 0 spiro atoms. The van der Waals surface area contributed by atoms with Gasteiger partial charge in [-0.15, -0.1) is 0 Å². The first-order chi connectivity index (χ1) is 8.53. The Bertz CT molecular complexity index is 287. The molecule has 3 N–H and O–H groups in total. The minimum absolute atomic E-state index is 0.128. The lowest BCUT2D eigenvalue weighted by Gasteiger charge is -2.41. The number of carbonyl (C=O) groups excluding carboxylic acids is 1. The highest BCUT2D eigenvalue weighted by atomic mass is 16.1. The number of nitrogens with one attached hydrogen (secondary N) is 1. The van der Waals surface area contributed by atoms with E-state index < -0.39 is 5.54 Å². The van der Waals surface area contributed by atoms with E-state index in [2.05, 4.69) is 19.2 Å². The normalized spacial score (nSPS) is 34.1. The van der Waals surface area contributed by atoms with Gasteiger partial charge in [-0.2, -0.15) is 0 Å². The molecule has 0 heterocycles. The van der Waals surface area contributed by atoms with Crippen LogP contribution in [0.25, 0.3) is 0 Å². The minimum Gasteiger partial charge on any atom is -0.368 e. The topological polar surface area (TPSA) is 55.1 Å². The summed E-state index contributed by atoms with van der Waals surface area (Å²) >= 11 is 0. The van der Waals surface area contributed by atoms with Crippen LogP contribution >= 0.6 is 0 Å². The molecule has 0 saturated heterocycles. The summed E-state index contributed by atoms with van der Waals surface area (Å²) < 4.78 is 0. The Kier molecular flexibility index (Phi) is 4.31. The third-order valence-corrected chi connectivity index (χ3v) is 5.13. The van der Waals surface area contributed by atoms with Gasteiger partial charge in [0.1, 0.15) is 0 Å². The second-order valence-electron chi connectivity index (χ2n) is 6.65. The van der Waals surface area contributed by atoms with Gasteiger partial charge >= 0.3 is 0 Å². The summed E-state index contributed by atoms with van der Waals surface area (Å²) in [5.74, 6) is 1.36. The largest absolute Gasteiger partial charge is 0.368 e. The first-order valence-corrected chi connectivity index (χ1v) is 7.61. The molecule has 0 unspecified atom stereocenters. The molecule has 1 amide bonds. The Morgan fingerprint density at radius 3 is 2.17 bits per heavy atom. The van der Waals surface area contributed by atoms with Gasteiger partial charge in [0.25, 0.3) is 0 Å². The fraction of sp³-hybridized carbons (Fsp3) is 0.933. The maximum atomic E-state index is 11.9. The Hall–Kier alpha value is -0.570. The summed E-state index contributed by atoms with van der Waals surface area (Å²) in [7, 11) is 0. The lowest BCUT2D eigenvalue weighted by molar-refractivity contribution is -0.126. The molecule has 2 rings (SSSR count). The zero-order valence-electron chi connectivity index (χ0n) is 11.9. The molecule has 18 heavy (non-hydrogen) atoms. The van der Waals surface area contributed by atoms with E-state index in [1.54, 1.807) is 0 Å². The molecule has 0 aromatic carbocycles. The monoisotopic (exact) mass is 252 g/mol. The van der Waals surface area contributed by atoms with Crippen molar-refractivity contribution in [3.05, 3.63) is 0 Å². The van der Waals surface area contributed by atoms with Crippen molar-refractivity contribution >= 4 is 5.91 Å². The van der Waals surface area contributed by atoms with Crippen molar-refractivity contribution in [2.75, 3.05) is 0 Å². The van der Waals surface area contributed by atoms with Gasteiger partial charge in [-0.05, 0) is 50.4 Å². The highest BCUT2D eigenvalue weighted by molar-refractivity contribution is 5.84. The zero-order valence-corrected chi connectivity index (χ0v) is 11.9. The van der Waals surface area contributed by atoms with Crippen molar-refractivity contribution in [1.82, 2.24) is 5.32 Å². The predicted octanol–water partition coefficient (Wildman–Crippen LogP) is 2.59. The maximum Gasteiger partial charge on any atom is 0.237 e. The van der Waals surface area contributed by atoms with Crippen LogP contribution < -0.4 is 11.1 Å². The van der Waals surface area contributed by atoms with E-state index in [1.807, 2.05) is 0 Å². The quantitative estimate of drug-likeness (QED) is 0.808. The van der Waals surface area contributed by atoms with Gasteiger partial charge in [0, 0.05) is 6.04 Å². The summed E-state index contributed by atoms with van der Waals surface area (Å²) in [5.41, 5.74) is 5.30. The molecule has 0 aromatic rings. The van der Waals surface area contributed by atoms with Gasteiger partial charge in [-0.1, -0.05) is 26.7 Å². The van der Waals surface area contributed by atoms with Crippen molar-refractivity contribution in [3.8, 4) is 0 Å². The molecule has 2 saturated carbocycles. The highest BCUT2D eigenvalue weighted by Crippen LogP contribution is 2.37. The van der Waals surface area contributed by atoms with E-state index in [0.29, 0.717) is 6.04 Å². The molecule has 2 fully saturated rings. The van der Waals surface area contributed by atoms with Crippen LogP contribution in [0.15, 0.2) is 0 Å². The molecular weight excluding hydrogens is 224 g/mol. The number of hydrogen-bond donors (Lipinski definition) is 2. The molecule has 0 atom stereocenters. The number of primary amides is 1. The summed E-state index contributed by atoms with van der Waals surface area (Å²) in [6, 6.07) is 0.521. The van der Waals surface area contributed by atoms with Crippen LogP contribution in [0.4, 0.5) is 0 Å². The third-order valence-electron chi connectivity index (χ3n) is 5.13. The number of carbonyl (C=O) groups is 1. The summed E-state index contributed by atoms with van der Waals surface area (Å²) in [4.78, 5) is 11.9. The van der Waals surface area contributed by atoms with Gasteiger partial charge in [0.15, 0.2) is 0 Å². The Morgan fingerprint density at radius 2 is 1.72 bits per heavy atom. The molecule has 0 radical (unpaired) electrons. The fourth-order valence-electron chi connectivity index (χ4n) is 3.72. The summed E-state index contributed by atoms with van der Waals surface area (Å²) in [6.07, 6.45) is 9.15. The highest BCUT2D eigenvalue weighted by Gasteiger charge is 2.42. The first kappa shape index (κ1) is 13.9. The van der Waals surface area contributed by atoms with Crippen molar-refractivity contribution in [2.24, 2.45) is 17.6 Å². The number of rotatable bonds is 4. The van der Waals surface area contributed by atoms with Crippen LogP contribution in [-0.4, -0.2) is 17.5 Å². The van der Waals surface area contributed by atoms with Crippen LogP contribution in [0.5, 0.6) is 0 Å². The molecule has 3 heteroatoms. The van der Waals surface area contributed by atoms with Crippen LogP contribution in [-0.2, 0) is 4.79 Å². The van der Waals surface area contributed by atoms with Gasteiger partial charge < -0.3 is 11.1 Å². The molecule has 0 aliphatic heterocycles. The number of nitrogens with two attached hydrogens (primary N) is 1. The van der Waals surface area contributed by atoms with Crippen molar-refractivity contribution in [3.63, 3.8) is 0 Å². The van der Waals surface area contributed by atoms with Gasteiger partial charge in [0.2, 0.25) is 5.91 Å². The van der Waals surface area contributed by atoms with E-state index in [9.17, 15) is 4.79 Å². The SMILES string of the molecule is CC(C)C1CCC(NC2CCCC2)(C(N)=O)CC1. The van der Waals surface area contributed by atoms with E-state index in [0.717, 1.165) is 37.5 Å². The lowest BCUT2D eigenvalue weighted by atomic mass is 9.72. The van der Waals surface area contributed by atoms with Crippen molar-refractivity contribution in [1.29, 1.82) is 0 Å². The molecule has 104 valence electrons. The van der Waals surface area contributed by atoms with Crippen LogP contribution in [0.2, 0.25) is 0 Å². The number of hydrogen-bond acceptors (Lipinski definition) is 2. The van der Waals surface area contributed by atoms with Crippen molar-refractivity contribution < 1.29 is 4.79 Å². The fourth-order valence-corrected chi connectivity index (χ4v) is 3.72. The Balaban J connectivity index is 1.98. The molecule has 2 aliphatic rings. The average molecular weight is 252 g/mol.